The molecule has 0 unspecified atom stereocenters. The van der Waals surface area contributed by atoms with Crippen LogP contribution >= 0.6 is 15.9 Å². The molecule has 0 spiro atoms. The Labute approximate surface area is 206 Å². The highest BCUT2D eigenvalue weighted by molar-refractivity contribution is 9.10. The minimum atomic E-state index is -0.920. The summed E-state index contributed by atoms with van der Waals surface area (Å²) in [5.41, 5.74) is 4.25. The molecule has 0 radical (unpaired) electrons. The number of amides is 2. The van der Waals surface area contributed by atoms with Gasteiger partial charge >= 0.3 is 11.8 Å². The molecule has 34 heavy (non-hydrogen) atoms. The summed E-state index contributed by atoms with van der Waals surface area (Å²) in [6.07, 6.45) is 1.40. The van der Waals surface area contributed by atoms with Gasteiger partial charge in [0.25, 0.3) is 0 Å². The van der Waals surface area contributed by atoms with E-state index in [4.69, 9.17) is 14.2 Å². The topological polar surface area (TPSA) is 98.2 Å². The zero-order valence-electron chi connectivity index (χ0n) is 18.7. The zero-order chi connectivity index (χ0) is 24.3. The van der Waals surface area contributed by atoms with Crippen LogP contribution in [0.15, 0.2) is 76.3 Å². The SMILES string of the molecule is CCOc1ccccc1NC(=O)C(=O)N/N=C/c1cc(Br)c(OCc2ccccc2)c(OC)c1. The predicted octanol–water partition coefficient (Wildman–Crippen LogP) is 4.52. The van der Waals surface area contributed by atoms with Gasteiger partial charge in [-0.3, -0.25) is 9.59 Å². The average Bonchev–Trinajstić information content (AvgIpc) is 2.85. The van der Waals surface area contributed by atoms with Gasteiger partial charge in [0.1, 0.15) is 12.4 Å². The van der Waals surface area contributed by atoms with Crippen molar-refractivity contribution in [3.8, 4) is 17.2 Å². The smallest absolute Gasteiger partial charge is 0.329 e. The lowest BCUT2D eigenvalue weighted by Crippen LogP contribution is -2.32. The molecule has 0 aromatic heterocycles. The van der Waals surface area contributed by atoms with Crippen LogP contribution in [0.5, 0.6) is 17.2 Å². The molecule has 3 rings (SSSR count). The second kappa shape index (κ2) is 12.4. The number of hydrogen-bond acceptors (Lipinski definition) is 6. The number of nitrogens with zero attached hydrogens (tertiary/aromatic N) is 1. The molecule has 9 heteroatoms. The quantitative estimate of drug-likeness (QED) is 0.243. The molecule has 0 fully saturated rings. The fraction of sp³-hybridized carbons (Fsp3) is 0.160. The molecule has 176 valence electrons. The molecule has 0 bridgehead atoms. The first-order valence-electron chi connectivity index (χ1n) is 10.4. The molecule has 0 saturated heterocycles. The van der Waals surface area contributed by atoms with Gasteiger partial charge in [-0.1, -0.05) is 42.5 Å². The van der Waals surface area contributed by atoms with Crippen LogP contribution in [0.2, 0.25) is 0 Å². The molecular formula is C25H24BrN3O5. The number of hydrogen-bond donors (Lipinski definition) is 2. The fourth-order valence-corrected chi connectivity index (χ4v) is 3.50. The first-order chi connectivity index (χ1) is 16.5. The van der Waals surface area contributed by atoms with E-state index in [2.05, 4.69) is 31.8 Å². The van der Waals surface area contributed by atoms with Gasteiger partial charge in [-0.25, -0.2) is 5.43 Å². The van der Waals surface area contributed by atoms with E-state index in [1.165, 1.54) is 13.3 Å². The standard InChI is InChI=1S/C25H24BrN3O5/c1-3-33-21-12-8-7-11-20(21)28-24(30)25(31)29-27-15-18-13-19(26)23(22(14-18)32-2)34-16-17-9-5-4-6-10-17/h4-15H,3,16H2,1-2H3,(H,28,30)(H,29,31)/b27-15+. The van der Waals surface area contributed by atoms with Crippen molar-refractivity contribution in [2.24, 2.45) is 5.10 Å². The number of benzene rings is 3. The number of carbonyl (C=O) groups excluding carboxylic acids is 2. The highest BCUT2D eigenvalue weighted by Gasteiger charge is 2.15. The summed E-state index contributed by atoms with van der Waals surface area (Å²) in [6.45, 7) is 2.63. The number of halogens is 1. The summed E-state index contributed by atoms with van der Waals surface area (Å²) in [5.74, 6) is -0.284. The number of ether oxygens (including phenoxy) is 3. The number of hydrazone groups is 1. The maximum Gasteiger partial charge on any atom is 0.329 e. The van der Waals surface area contributed by atoms with Gasteiger partial charge < -0.3 is 19.5 Å². The van der Waals surface area contributed by atoms with E-state index in [1.54, 1.807) is 36.4 Å². The fourth-order valence-electron chi connectivity index (χ4n) is 2.93. The third-order valence-electron chi connectivity index (χ3n) is 4.50. The molecule has 0 heterocycles. The lowest BCUT2D eigenvalue weighted by Gasteiger charge is -2.13. The minimum absolute atomic E-state index is 0.376. The van der Waals surface area contributed by atoms with Crippen molar-refractivity contribution in [3.63, 3.8) is 0 Å². The van der Waals surface area contributed by atoms with E-state index in [9.17, 15) is 9.59 Å². The lowest BCUT2D eigenvalue weighted by molar-refractivity contribution is -0.136. The first-order valence-corrected chi connectivity index (χ1v) is 11.2. The van der Waals surface area contributed by atoms with Crippen LogP contribution in [0, 0.1) is 0 Å². The Bertz CT molecular complexity index is 1170. The van der Waals surface area contributed by atoms with E-state index >= 15 is 0 Å². The van der Waals surface area contributed by atoms with Gasteiger partial charge in [0.2, 0.25) is 0 Å². The Morgan fingerprint density at radius 1 is 0.971 bits per heavy atom. The summed E-state index contributed by atoms with van der Waals surface area (Å²) >= 11 is 3.48. The van der Waals surface area contributed by atoms with Crippen molar-refractivity contribution in [2.75, 3.05) is 19.0 Å². The molecule has 3 aromatic carbocycles. The van der Waals surface area contributed by atoms with Crippen molar-refractivity contribution in [2.45, 2.75) is 13.5 Å². The van der Waals surface area contributed by atoms with Crippen molar-refractivity contribution in [1.82, 2.24) is 5.43 Å². The highest BCUT2D eigenvalue weighted by Crippen LogP contribution is 2.36. The van der Waals surface area contributed by atoms with E-state index in [-0.39, 0.29) is 0 Å². The Hall–Kier alpha value is -3.85. The van der Waals surface area contributed by atoms with Crippen LogP contribution in [-0.2, 0) is 16.2 Å². The van der Waals surface area contributed by atoms with Gasteiger partial charge in [0.15, 0.2) is 11.5 Å². The minimum Gasteiger partial charge on any atom is -0.493 e. The van der Waals surface area contributed by atoms with Crippen LogP contribution in [0.25, 0.3) is 0 Å². The monoisotopic (exact) mass is 525 g/mol. The van der Waals surface area contributed by atoms with Gasteiger partial charge in [-0.2, -0.15) is 5.10 Å². The second-order valence-electron chi connectivity index (χ2n) is 6.89. The number of carbonyl (C=O) groups is 2. The molecule has 0 aliphatic rings. The van der Waals surface area contributed by atoms with Gasteiger partial charge in [-0.15, -0.1) is 0 Å². The maximum atomic E-state index is 12.2. The van der Waals surface area contributed by atoms with E-state index in [0.717, 1.165) is 5.56 Å². The third kappa shape index (κ3) is 6.82. The Balaban J connectivity index is 1.62. The second-order valence-corrected chi connectivity index (χ2v) is 7.75. The lowest BCUT2D eigenvalue weighted by atomic mass is 10.2. The van der Waals surface area contributed by atoms with E-state index < -0.39 is 11.8 Å². The van der Waals surface area contributed by atoms with Crippen LogP contribution in [0.4, 0.5) is 5.69 Å². The predicted molar refractivity (Wildman–Crippen MR) is 133 cm³/mol. The zero-order valence-corrected chi connectivity index (χ0v) is 20.3. The van der Waals surface area contributed by atoms with Crippen LogP contribution in [0.1, 0.15) is 18.1 Å². The first kappa shape index (κ1) is 24.8. The largest absolute Gasteiger partial charge is 0.493 e. The average molecular weight is 526 g/mol. The van der Waals surface area contributed by atoms with Crippen LogP contribution < -0.4 is 25.0 Å². The molecule has 3 aromatic rings. The molecule has 2 amide bonds. The summed E-state index contributed by atoms with van der Waals surface area (Å²) in [7, 11) is 1.53. The summed E-state index contributed by atoms with van der Waals surface area (Å²) < 4.78 is 17.4. The molecule has 0 saturated carbocycles. The normalized spacial score (nSPS) is 10.6. The summed E-state index contributed by atoms with van der Waals surface area (Å²) in [4.78, 5) is 24.3. The van der Waals surface area contributed by atoms with Gasteiger partial charge in [-0.05, 0) is 58.2 Å². The number of methoxy groups -OCH3 is 1. The van der Waals surface area contributed by atoms with Crippen molar-refractivity contribution >= 4 is 39.6 Å². The Morgan fingerprint density at radius 3 is 2.44 bits per heavy atom. The molecule has 8 nitrogen and oxygen atoms in total. The molecule has 0 aliphatic carbocycles. The Kier molecular flexibility index (Phi) is 9.04. The third-order valence-corrected chi connectivity index (χ3v) is 5.09. The molecule has 0 aliphatic heterocycles. The van der Waals surface area contributed by atoms with Crippen molar-refractivity contribution in [3.05, 3.63) is 82.3 Å². The molecule has 2 N–H and O–H groups in total. The maximum absolute atomic E-state index is 12.2. The summed E-state index contributed by atoms with van der Waals surface area (Å²) in [5, 5.41) is 6.38. The van der Waals surface area contributed by atoms with Gasteiger partial charge in [0.05, 0.1) is 30.1 Å². The van der Waals surface area contributed by atoms with E-state index in [1.807, 2.05) is 37.3 Å². The number of para-hydroxylation sites is 2. The van der Waals surface area contributed by atoms with Crippen molar-refractivity contribution in [1.29, 1.82) is 0 Å². The Morgan fingerprint density at radius 2 is 1.71 bits per heavy atom. The van der Waals surface area contributed by atoms with Crippen molar-refractivity contribution < 1.29 is 23.8 Å². The molecular weight excluding hydrogens is 502 g/mol. The number of nitrogens with one attached hydrogen (secondary N) is 2. The van der Waals surface area contributed by atoms with Crippen LogP contribution in [0.3, 0.4) is 0 Å². The van der Waals surface area contributed by atoms with E-state index in [0.29, 0.717) is 46.2 Å². The summed E-state index contributed by atoms with van der Waals surface area (Å²) in [6, 6.07) is 20.1. The van der Waals surface area contributed by atoms with Gasteiger partial charge in [0, 0.05) is 0 Å². The van der Waals surface area contributed by atoms with Crippen LogP contribution in [-0.4, -0.2) is 31.7 Å². The molecule has 0 atom stereocenters. The number of rotatable bonds is 9. The number of anilines is 1. The highest BCUT2D eigenvalue weighted by atomic mass is 79.9.